The summed E-state index contributed by atoms with van der Waals surface area (Å²) in [5.74, 6) is -0.892. The molecule has 0 bridgehead atoms. The number of nitrogens with zero attached hydrogens (tertiary/aromatic N) is 1. The van der Waals surface area contributed by atoms with E-state index in [0.717, 1.165) is 5.56 Å². The quantitative estimate of drug-likeness (QED) is 0.843. The third kappa shape index (κ3) is 2.02. The van der Waals surface area contributed by atoms with Gasteiger partial charge in [0, 0.05) is 11.0 Å². The first-order chi connectivity index (χ1) is 8.60. The van der Waals surface area contributed by atoms with Crippen molar-refractivity contribution in [2.24, 2.45) is 0 Å². The second kappa shape index (κ2) is 5.07. The van der Waals surface area contributed by atoms with E-state index in [1.807, 2.05) is 12.1 Å². The molecular formula is C12H12BrNO4. The highest BCUT2D eigenvalue weighted by Crippen LogP contribution is 2.30. The number of fused-ring (bicyclic) bond motifs is 1. The van der Waals surface area contributed by atoms with Gasteiger partial charge in [-0.2, -0.15) is 0 Å². The average molecular weight is 314 g/mol. The van der Waals surface area contributed by atoms with Gasteiger partial charge in [0.15, 0.2) is 6.04 Å². The summed E-state index contributed by atoms with van der Waals surface area (Å²) in [6.45, 7) is -0.155. The second-order valence-electron chi connectivity index (χ2n) is 3.93. The summed E-state index contributed by atoms with van der Waals surface area (Å²) in [6.07, 6.45) is 0. The minimum Gasteiger partial charge on any atom is -0.467 e. The van der Waals surface area contributed by atoms with Gasteiger partial charge in [-0.05, 0) is 27.6 Å². The molecule has 0 aliphatic carbocycles. The molecule has 2 rings (SSSR count). The van der Waals surface area contributed by atoms with Crippen LogP contribution in [0, 0.1) is 0 Å². The molecule has 0 unspecified atom stereocenters. The van der Waals surface area contributed by atoms with Crippen LogP contribution in [0.3, 0.4) is 0 Å². The molecule has 1 aromatic carbocycles. The maximum absolute atomic E-state index is 12.2. The molecule has 96 valence electrons. The predicted octanol–water partition coefficient (Wildman–Crippen LogP) is 0.939. The Kier molecular flexibility index (Phi) is 3.68. The van der Waals surface area contributed by atoms with Gasteiger partial charge in [-0.1, -0.05) is 12.1 Å². The van der Waals surface area contributed by atoms with Gasteiger partial charge in [0.2, 0.25) is 0 Å². The zero-order valence-corrected chi connectivity index (χ0v) is 11.3. The van der Waals surface area contributed by atoms with Crippen LogP contribution in [0.2, 0.25) is 0 Å². The van der Waals surface area contributed by atoms with E-state index in [2.05, 4.69) is 20.7 Å². The predicted molar refractivity (Wildman–Crippen MR) is 66.9 cm³/mol. The largest absolute Gasteiger partial charge is 0.467 e. The molecule has 0 aromatic heterocycles. The zero-order chi connectivity index (χ0) is 13.3. The number of aliphatic hydroxyl groups excluding tert-OH is 1. The number of carbonyl (C=O) groups is 2. The lowest BCUT2D eigenvalue weighted by Crippen LogP contribution is -2.44. The van der Waals surface area contributed by atoms with E-state index in [0.29, 0.717) is 16.6 Å². The van der Waals surface area contributed by atoms with Crippen LogP contribution in [0.4, 0.5) is 0 Å². The molecule has 0 fully saturated rings. The van der Waals surface area contributed by atoms with Gasteiger partial charge in [0.1, 0.15) is 0 Å². The lowest BCUT2D eigenvalue weighted by atomic mass is 10.1. The molecule has 0 saturated carbocycles. The Morgan fingerprint density at radius 1 is 1.61 bits per heavy atom. The highest BCUT2D eigenvalue weighted by atomic mass is 79.9. The van der Waals surface area contributed by atoms with Crippen LogP contribution >= 0.6 is 15.9 Å². The third-order valence-corrected chi connectivity index (χ3v) is 3.60. The second-order valence-corrected chi connectivity index (χ2v) is 4.78. The molecule has 1 heterocycles. The Labute approximate surface area is 112 Å². The van der Waals surface area contributed by atoms with Crippen molar-refractivity contribution in [3.63, 3.8) is 0 Å². The van der Waals surface area contributed by atoms with Crippen molar-refractivity contribution in [3.05, 3.63) is 33.8 Å². The fourth-order valence-electron chi connectivity index (χ4n) is 2.03. The van der Waals surface area contributed by atoms with Crippen LogP contribution in [0.5, 0.6) is 0 Å². The summed E-state index contributed by atoms with van der Waals surface area (Å²) in [6, 6.07) is 4.46. The Bertz CT molecular complexity index is 503. The summed E-state index contributed by atoms with van der Waals surface area (Å²) in [5, 5.41) is 9.25. The van der Waals surface area contributed by atoms with E-state index in [4.69, 9.17) is 0 Å². The summed E-state index contributed by atoms with van der Waals surface area (Å²) in [7, 11) is 1.23. The number of esters is 1. The molecule has 1 atom stereocenters. The number of aliphatic hydroxyl groups is 1. The Morgan fingerprint density at radius 2 is 2.33 bits per heavy atom. The van der Waals surface area contributed by atoms with Crippen LogP contribution in [-0.4, -0.2) is 41.6 Å². The minimum absolute atomic E-state index is 0.276. The number of rotatable bonds is 3. The molecule has 0 radical (unpaired) electrons. The fraction of sp³-hybridized carbons (Fsp3) is 0.333. The molecule has 0 spiro atoms. The number of ether oxygens (including phenoxy) is 1. The molecule has 5 nitrogen and oxygen atoms in total. The van der Waals surface area contributed by atoms with Crippen molar-refractivity contribution in [2.45, 2.75) is 12.6 Å². The monoisotopic (exact) mass is 313 g/mol. The topological polar surface area (TPSA) is 66.8 Å². The van der Waals surface area contributed by atoms with Crippen LogP contribution in [0.15, 0.2) is 22.7 Å². The molecule has 1 amide bonds. The van der Waals surface area contributed by atoms with Crippen LogP contribution in [0.25, 0.3) is 0 Å². The first-order valence-corrected chi connectivity index (χ1v) is 6.16. The number of halogens is 1. The van der Waals surface area contributed by atoms with Gasteiger partial charge in [-0.15, -0.1) is 0 Å². The number of methoxy groups -OCH3 is 1. The van der Waals surface area contributed by atoms with E-state index in [9.17, 15) is 14.7 Å². The van der Waals surface area contributed by atoms with Crippen molar-refractivity contribution in [1.29, 1.82) is 0 Å². The van der Waals surface area contributed by atoms with Gasteiger partial charge in [0.25, 0.3) is 5.91 Å². The zero-order valence-electron chi connectivity index (χ0n) is 9.72. The first kappa shape index (κ1) is 13.0. The molecule has 1 aromatic rings. The highest BCUT2D eigenvalue weighted by Gasteiger charge is 2.37. The van der Waals surface area contributed by atoms with Gasteiger partial charge in [0.05, 0.1) is 19.3 Å². The normalized spacial score (nSPS) is 15.5. The van der Waals surface area contributed by atoms with Gasteiger partial charge in [-0.3, -0.25) is 4.79 Å². The standard InChI is InChI=1S/C12H12BrNO4/c1-18-12(17)9(6-15)14-5-7-3-2-4-8(13)10(7)11(14)16/h2-4,9,15H,5-6H2,1H3/t9-/m0/s1. The SMILES string of the molecule is COC(=O)[C@H](CO)N1Cc2cccc(Br)c2C1=O. The Balaban J connectivity index is 2.34. The Morgan fingerprint density at radius 3 is 2.89 bits per heavy atom. The van der Waals surface area contributed by atoms with Crippen LogP contribution in [-0.2, 0) is 16.1 Å². The number of amides is 1. The van der Waals surface area contributed by atoms with Crippen molar-refractivity contribution in [1.82, 2.24) is 4.90 Å². The fourth-order valence-corrected chi connectivity index (χ4v) is 2.60. The molecule has 0 saturated heterocycles. The first-order valence-electron chi connectivity index (χ1n) is 5.37. The van der Waals surface area contributed by atoms with Crippen molar-refractivity contribution in [2.75, 3.05) is 13.7 Å². The molecule has 18 heavy (non-hydrogen) atoms. The minimum atomic E-state index is -0.957. The molecule has 1 aliphatic rings. The maximum Gasteiger partial charge on any atom is 0.331 e. The molecule has 1 aliphatic heterocycles. The average Bonchev–Trinajstić information content (AvgIpc) is 2.69. The Hall–Kier alpha value is -1.40. The van der Waals surface area contributed by atoms with E-state index in [1.165, 1.54) is 12.0 Å². The smallest absolute Gasteiger partial charge is 0.331 e. The number of benzene rings is 1. The van der Waals surface area contributed by atoms with Crippen molar-refractivity contribution >= 4 is 27.8 Å². The van der Waals surface area contributed by atoms with E-state index >= 15 is 0 Å². The summed E-state index contributed by atoms with van der Waals surface area (Å²) in [5.41, 5.74) is 1.37. The molecular weight excluding hydrogens is 302 g/mol. The third-order valence-electron chi connectivity index (χ3n) is 2.94. The van der Waals surface area contributed by atoms with E-state index in [-0.39, 0.29) is 5.91 Å². The summed E-state index contributed by atoms with van der Waals surface area (Å²) >= 11 is 3.31. The van der Waals surface area contributed by atoms with Crippen molar-refractivity contribution in [3.8, 4) is 0 Å². The highest BCUT2D eigenvalue weighted by molar-refractivity contribution is 9.10. The summed E-state index contributed by atoms with van der Waals surface area (Å²) in [4.78, 5) is 25.1. The summed E-state index contributed by atoms with van der Waals surface area (Å²) < 4.78 is 5.28. The van der Waals surface area contributed by atoms with Gasteiger partial charge < -0.3 is 14.7 Å². The number of hydrogen-bond donors (Lipinski definition) is 1. The lowest BCUT2D eigenvalue weighted by molar-refractivity contribution is -0.147. The maximum atomic E-state index is 12.2. The van der Waals surface area contributed by atoms with E-state index < -0.39 is 18.6 Å². The van der Waals surface area contributed by atoms with Crippen molar-refractivity contribution < 1.29 is 19.4 Å². The number of carbonyl (C=O) groups excluding carboxylic acids is 2. The van der Waals surface area contributed by atoms with Crippen LogP contribution in [0.1, 0.15) is 15.9 Å². The molecule has 6 heteroatoms. The van der Waals surface area contributed by atoms with Crippen LogP contribution < -0.4 is 0 Å². The van der Waals surface area contributed by atoms with E-state index in [1.54, 1.807) is 6.07 Å². The van der Waals surface area contributed by atoms with Gasteiger partial charge in [-0.25, -0.2) is 4.79 Å². The lowest BCUT2D eigenvalue weighted by Gasteiger charge is -2.23. The van der Waals surface area contributed by atoms with Gasteiger partial charge >= 0.3 is 5.97 Å². The molecule has 1 N–H and O–H groups in total. The number of hydrogen-bond acceptors (Lipinski definition) is 4.